The number of fused-ring (bicyclic) bond motifs is 1. The number of hydrogen-bond acceptors (Lipinski definition) is 1. The van der Waals surface area contributed by atoms with Crippen LogP contribution in [0.3, 0.4) is 0 Å². The first-order chi connectivity index (χ1) is 7.28. The molecule has 1 aromatic carbocycles. The van der Waals surface area contributed by atoms with Gasteiger partial charge in [0.05, 0.1) is 5.69 Å². The average molecular weight is 231 g/mol. The Bertz CT molecular complexity index is 510. The molecule has 0 aromatic heterocycles. The summed E-state index contributed by atoms with van der Waals surface area (Å²) in [4.78, 5) is 4.85. The highest BCUT2D eigenvalue weighted by Gasteiger charge is 2.37. The maximum absolute atomic E-state index is 4.85. The highest BCUT2D eigenvalue weighted by atomic mass is 28.3. The van der Waals surface area contributed by atoms with E-state index >= 15 is 0 Å². The Balaban J connectivity index is 2.89. The normalized spacial score (nSPS) is 17.3. The first kappa shape index (κ1) is 11.6. The van der Waals surface area contributed by atoms with Gasteiger partial charge in [-0.15, -0.1) is 0 Å². The second-order valence-corrected chi connectivity index (χ2v) is 10.0. The summed E-state index contributed by atoms with van der Waals surface area (Å²) >= 11 is 0. The van der Waals surface area contributed by atoms with Crippen molar-refractivity contribution in [2.24, 2.45) is 4.99 Å². The molecule has 0 atom stereocenters. The Morgan fingerprint density at radius 3 is 1.81 bits per heavy atom. The van der Waals surface area contributed by atoms with Gasteiger partial charge in [0.15, 0.2) is 0 Å². The minimum Gasteiger partial charge on any atom is -0.262 e. The zero-order valence-corrected chi connectivity index (χ0v) is 12.4. The van der Waals surface area contributed by atoms with Crippen molar-refractivity contribution in [3.8, 4) is 0 Å². The molecule has 0 radical (unpaired) electrons. The van der Waals surface area contributed by atoms with Crippen molar-refractivity contribution < 1.29 is 0 Å². The van der Waals surface area contributed by atoms with Gasteiger partial charge in [0.2, 0.25) is 0 Å². The second-order valence-electron chi connectivity index (χ2n) is 5.55. The Labute approximate surface area is 99.6 Å². The molecular formula is C14H21NSi. The van der Waals surface area contributed by atoms with Gasteiger partial charge in [0.1, 0.15) is 8.07 Å². The predicted molar refractivity (Wildman–Crippen MR) is 75.3 cm³/mol. The molecular weight excluding hydrogens is 210 g/mol. The summed E-state index contributed by atoms with van der Waals surface area (Å²) in [6.45, 7) is 16.0. The highest BCUT2D eigenvalue weighted by molar-refractivity contribution is 7.15. The van der Waals surface area contributed by atoms with Crippen molar-refractivity contribution in [3.63, 3.8) is 0 Å². The van der Waals surface area contributed by atoms with E-state index in [1.807, 2.05) is 0 Å². The van der Waals surface area contributed by atoms with Gasteiger partial charge in [0, 0.05) is 5.33 Å². The molecule has 0 fully saturated rings. The zero-order valence-electron chi connectivity index (χ0n) is 11.4. The van der Waals surface area contributed by atoms with Crippen molar-refractivity contribution in [1.29, 1.82) is 0 Å². The van der Waals surface area contributed by atoms with Crippen molar-refractivity contribution in [2.45, 2.75) is 47.7 Å². The summed E-state index contributed by atoms with van der Waals surface area (Å²) < 4.78 is 0. The average Bonchev–Trinajstić information content (AvgIpc) is 2.45. The molecule has 0 saturated heterocycles. The van der Waals surface area contributed by atoms with Crippen molar-refractivity contribution >= 4 is 24.3 Å². The summed E-state index contributed by atoms with van der Waals surface area (Å²) in [5, 5.41) is 2.95. The Morgan fingerprint density at radius 1 is 0.750 bits per heavy atom. The molecule has 0 N–H and O–H groups in total. The van der Waals surface area contributed by atoms with Gasteiger partial charge in [-0.3, -0.25) is 4.99 Å². The van der Waals surface area contributed by atoms with E-state index in [0.717, 1.165) is 0 Å². The minimum atomic E-state index is -1.44. The monoisotopic (exact) mass is 231 g/mol. The number of nitrogens with zero attached hydrogens (tertiary/aromatic N) is 1. The molecule has 0 saturated carbocycles. The van der Waals surface area contributed by atoms with E-state index < -0.39 is 8.07 Å². The Kier molecular flexibility index (Phi) is 2.39. The van der Waals surface area contributed by atoms with Gasteiger partial charge >= 0.3 is 0 Å². The largest absolute Gasteiger partial charge is 0.262 e. The standard InChI is InChI=1S/C14H21NSi/c1-8-9(2)11(4)14-13(10(8)3)15-12(5)16(14,6)7/h1-7H3. The Morgan fingerprint density at radius 2 is 1.25 bits per heavy atom. The lowest BCUT2D eigenvalue weighted by molar-refractivity contribution is 1.22. The number of benzene rings is 1. The van der Waals surface area contributed by atoms with Crippen LogP contribution in [0.2, 0.25) is 13.1 Å². The van der Waals surface area contributed by atoms with Crippen molar-refractivity contribution in [3.05, 3.63) is 22.3 Å². The predicted octanol–water partition coefficient (Wildman–Crippen LogP) is 3.48. The summed E-state index contributed by atoms with van der Waals surface area (Å²) in [5.41, 5.74) is 7.03. The van der Waals surface area contributed by atoms with Gasteiger partial charge in [-0.05, 0) is 62.1 Å². The molecule has 0 aliphatic carbocycles. The zero-order chi connectivity index (χ0) is 12.2. The maximum atomic E-state index is 4.85. The topological polar surface area (TPSA) is 12.4 Å². The molecule has 1 nitrogen and oxygen atoms in total. The van der Waals surface area contributed by atoms with E-state index in [9.17, 15) is 0 Å². The Hall–Kier alpha value is -0.893. The molecule has 0 amide bonds. The van der Waals surface area contributed by atoms with Gasteiger partial charge < -0.3 is 0 Å². The fourth-order valence-electron chi connectivity index (χ4n) is 2.69. The van der Waals surface area contributed by atoms with E-state index in [4.69, 9.17) is 4.99 Å². The summed E-state index contributed by atoms with van der Waals surface area (Å²) in [5.74, 6) is 0. The van der Waals surface area contributed by atoms with Gasteiger partial charge in [-0.2, -0.15) is 0 Å². The molecule has 0 unspecified atom stereocenters. The van der Waals surface area contributed by atoms with E-state index in [2.05, 4.69) is 47.7 Å². The second kappa shape index (κ2) is 3.30. The molecule has 16 heavy (non-hydrogen) atoms. The summed E-state index contributed by atoms with van der Waals surface area (Å²) in [6, 6.07) is 0. The van der Waals surface area contributed by atoms with E-state index in [1.165, 1.54) is 33.3 Å². The third-order valence-electron chi connectivity index (χ3n) is 4.46. The maximum Gasteiger partial charge on any atom is 0.132 e. The van der Waals surface area contributed by atoms with Gasteiger partial charge in [-0.25, -0.2) is 0 Å². The fraction of sp³-hybridized carbons (Fsp3) is 0.500. The van der Waals surface area contributed by atoms with Crippen LogP contribution >= 0.6 is 0 Å². The van der Waals surface area contributed by atoms with Crippen LogP contribution < -0.4 is 5.19 Å². The summed E-state index contributed by atoms with van der Waals surface area (Å²) in [7, 11) is -1.44. The van der Waals surface area contributed by atoms with Crippen LogP contribution in [0.15, 0.2) is 4.99 Å². The van der Waals surface area contributed by atoms with Crippen LogP contribution in [0.4, 0.5) is 5.69 Å². The molecule has 0 spiro atoms. The smallest absolute Gasteiger partial charge is 0.132 e. The molecule has 2 heteroatoms. The first-order valence-corrected chi connectivity index (χ1v) is 8.95. The van der Waals surface area contributed by atoms with Gasteiger partial charge in [0.25, 0.3) is 0 Å². The third-order valence-corrected chi connectivity index (χ3v) is 8.25. The quantitative estimate of drug-likeness (QED) is 0.606. The number of aliphatic imine (C=N–C) groups is 1. The van der Waals surface area contributed by atoms with Crippen molar-refractivity contribution in [2.75, 3.05) is 0 Å². The highest BCUT2D eigenvalue weighted by Crippen LogP contribution is 2.33. The van der Waals surface area contributed by atoms with Crippen molar-refractivity contribution in [1.82, 2.24) is 0 Å². The third kappa shape index (κ3) is 1.26. The molecule has 1 aliphatic heterocycles. The van der Waals surface area contributed by atoms with Crippen LogP contribution in [0.5, 0.6) is 0 Å². The molecule has 86 valence electrons. The lowest BCUT2D eigenvalue weighted by atomic mass is 9.98. The number of rotatable bonds is 0. The SMILES string of the molecule is CC1=Nc2c(C)c(C)c(C)c(C)c2[Si]1(C)C. The van der Waals surface area contributed by atoms with Crippen LogP contribution in [0, 0.1) is 27.7 Å². The van der Waals surface area contributed by atoms with Gasteiger partial charge in [-0.1, -0.05) is 13.1 Å². The van der Waals surface area contributed by atoms with Crippen LogP contribution in [0.25, 0.3) is 0 Å². The summed E-state index contributed by atoms with van der Waals surface area (Å²) in [6.07, 6.45) is 0. The first-order valence-electron chi connectivity index (χ1n) is 5.95. The lowest BCUT2D eigenvalue weighted by Crippen LogP contribution is -2.47. The minimum absolute atomic E-state index is 1.29. The van der Waals surface area contributed by atoms with E-state index in [-0.39, 0.29) is 0 Å². The molecule has 0 bridgehead atoms. The number of hydrogen-bond donors (Lipinski definition) is 0. The van der Waals surface area contributed by atoms with Crippen LogP contribution in [-0.4, -0.2) is 13.4 Å². The molecule has 1 aliphatic rings. The lowest BCUT2D eigenvalue weighted by Gasteiger charge is -2.23. The van der Waals surface area contributed by atoms with E-state index in [1.54, 1.807) is 5.19 Å². The van der Waals surface area contributed by atoms with Crippen LogP contribution in [0.1, 0.15) is 29.2 Å². The van der Waals surface area contributed by atoms with Crippen LogP contribution in [-0.2, 0) is 0 Å². The molecule has 2 rings (SSSR count). The fourth-order valence-corrected chi connectivity index (χ4v) is 5.40. The van der Waals surface area contributed by atoms with E-state index in [0.29, 0.717) is 0 Å². The molecule has 1 aromatic rings. The molecule has 1 heterocycles.